The minimum Gasteiger partial charge on any atom is -0.480 e. The second-order valence-corrected chi connectivity index (χ2v) is 8.18. The van der Waals surface area contributed by atoms with Gasteiger partial charge in [0, 0.05) is 23.4 Å². The van der Waals surface area contributed by atoms with Gasteiger partial charge in [-0.05, 0) is 24.1 Å². The van der Waals surface area contributed by atoms with Crippen LogP contribution < -0.4 is 9.62 Å². The summed E-state index contributed by atoms with van der Waals surface area (Å²) in [6.07, 6.45) is 0.516. The molecular weight excluding hydrogens is 356 g/mol. The smallest absolute Gasteiger partial charge is 0.322 e. The van der Waals surface area contributed by atoms with Crippen LogP contribution in [0.5, 0.6) is 0 Å². The number of nitrogens with zero attached hydrogens (tertiary/aromatic N) is 1. The van der Waals surface area contributed by atoms with Crippen LogP contribution in [0.25, 0.3) is 10.8 Å². The number of nitrogens with one attached hydrogen (secondary N) is 1. The second kappa shape index (κ2) is 6.37. The van der Waals surface area contributed by atoms with Crippen LogP contribution in [-0.2, 0) is 14.8 Å². The van der Waals surface area contributed by atoms with E-state index in [1.54, 1.807) is 45.2 Å². The van der Waals surface area contributed by atoms with Crippen molar-refractivity contribution in [3.63, 3.8) is 0 Å². The topological polar surface area (TPSA) is 104 Å². The Balaban J connectivity index is 2.15. The maximum absolute atomic E-state index is 12.9. The molecule has 1 amide bonds. The zero-order valence-corrected chi connectivity index (χ0v) is 15.5. The maximum atomic E-state index is 12.9. The van der Waals surface area contributed by atoms with Crippen molar-refractivity contribution in [2.45, 2.75) is 31.2 Å². The van der Waals surface area contributed by atoms with Gasteiger partial charge in [0.05, 0.1) is 10.6 Å². The predicted octanol–water partition coefficient (Wildman–Crippen LogP) is 2.21. The number of amides is 1. The van der Waals surface area contributed by atoms with Crippen LogP contribution in [0.2, 0.25) is 0 Å². The fourth-order valence-corrected chi connectivity index (χ4v) is 4.72. The van der Waals surface area contributed by atoms with E-state index in [1.165, 1.54) is 11.0 Å². The van der Waals surface area contributed by atoms with E-state index in [2.05, 4.69) is 4.72 Å². The number of hydrogen-bond donors (Lipinski definition) is 2. The predicted molar refractivity (Wildman–Crippen MR) is 97.9 cm³/mol. The second-order valence-electron chi connectivity index (χ2n) is 6.50. The summed E-state index contributed by atoms with van der Waals surface area (Å²) >= 11 is 0. The highest BCUT2D eigenvalue weighted by Gasteiger charge is 2.33. The number of carbonyl (C=O) groups is 2. The molecule has 2 atom stereocenters. The zero-order valence-electron chi connectivity index (χ0n) is 14.7. The molecule has 0 fully saturated rings. The number of carboxylic acid groups (broad SMARTS) is 1. The van der Waals surface area contributed by atoms with Crippen LogP contribution in [0, 0.1) is 5.92 Å². The van der Waals surface area contributed by atoms with E-state index in [9.17, 15) is 23.1 Å². The van der Waals surface area contributed by atoms with Gasteiger partial charge in [0.25, 0.3) is 5.91 Å². The highest BCUT2D eigenvalue weighted by molar-refractivity contribution is 7.89. The van der Waals surface area contributed by atoms with Crippen LogP contribution in [-0.4, -0.2) is 38.5 Å². The Labute approximate surface area is 151 Å². The summed E-state index contributed by atoms with van der Waals surface area (Å²) in [4.78, 5) is 25.3. The number of aliphatic carboxylic acids is 1. The van der Waals surface area contributed by atoms with Gasteiger partial charge in [-0.2, -0.15) is 4.72 Å². The first kappa shape index (κ1) is 18.3. The summed E-state index contributed by atoms with van der Waals surface area (Å²) in [5, 5.41) is 10.4. The Morgan fingerprint density at radius 1 is 1.27 bits per heavy atom. The van der Waals surface area contributed by atoms with Gasteiger partial charge in [0.2, 0.25) is 10.0 Å². The van der Waals surface area contributed by atoms with Crippen LogP contribution in [0.3, 0.4) is 0 Å². The molecule has 26 heavy (non-hydrogen) atoms. The third-order valence-corrected chi connectivity index (χ3v) is 6.42. The lowest BCUT2D eigenvalue weighted by Gasteiger charge is -2.21. The first-order chi connectivity index (χ1) is 12.2. The molecule has 0 aromatic heterocycles. The summed E-state index contributed by atoms with van der Waals surface area (Å²) in [7, 11) is -2.46. The molecule has 1 heterocycles. The molecule has 0 unspecified atom stereocenters. The number of anilines is 1. The summed E-state index contributed by atoms with van der Waals surface area (Å²) in [6, 6.07) is 6.67. The number of carboxylic acids is 1. The zero-order chi connectivity index (χ0) is 19.2. The van der Waals surface area contributed by atoms with Crippen molar-refractivity contribution in [3.8, 4) is 0 Å². The highest BCUT2D eigenvalue weighted by atomic mass is 32.2. The van der Waals surface area contributed by atoms with Gasteiger partial charge < -0.3 is 10.0 Å². The summed E-state index contributed by atoms with van der Waals surface area (Å²) in [5.41, 5.74) is 1.07. The van der Waals surface area contributed by atoms with Crippen molar-refractivity contribution in [2.24, 2.45) is 5.92 Å². The van der Waals surface area contributed by atoms with Crippen molar-refractivity contribution in [2.75, 3.05) is 11.9 Å². The van der Waals surface area contributed by atoms with E-state index >= 15 is 0 Å². The minimum absolute atomic E-state index is 0.0317. The molecule has 8 heteroatoms. The molecule has 1 aliphatic heterocycles. The standard InChI is InChI=1S/C18H20N2O5S/c1-4-10(2)16(18(22)23)19-26(24,25)14-9-8-13-15-11(14)6-5-7-12(15)17(21)20(13)3/h5-10,16,19H,4H2,1-3H3,(H,22,23)/t10-,16-/m0/s1. The monoisotopic (exact) mass is 376 g/mol. The van der Waals surface area contributed by atoms with Crippen LogP contribution >= 0.6 is 0 Å². The molecule has 2 N–H and O–H groups in total. The Morgan fingerprint density at radius 2 is 1.96 bits per heavy atom. The molecule has 2 aromatic rings. The first-order valence-electron chi connectivity index (χ1n) is 8.28. The normalized spacial score (nSPS) is 16.1. The minimum atomic E-state index is -4.09. The Bertz CT molecular complexity index is 1020. The number of sulfonamides is 1. The van der Waals surface area contributed by atoms with E-state index in [0.29, 0.717) is 28.4 Å². The van der Waals surface area contributed by atoms with Gasteiger partial charge in [-0.3, -0.25) is 9.59 Å². The fourth-order valence-electron chi connectivity index (χ4n) is 3.22. The van der Waals surface area contributed by atoms with Gasteiger partial charge in [-0.25, -0.2) is 8.42 Å². The average Bonchev–Trinajstić information content (AvgIpc) is 2.86. The number of rotatable bonds is 6. The summed E-state index contributed by atoms with van der Waals surface area (Å²) in [5.74, 6) is -1.79. The van der Waals surface area contributed by atoms with Crippen molar-refractivity contribution in [1.29, 1.82) is 0 Å². The molecule has 0 bridgehead atoms. The highest BCUT2D eigenvalue weighted by Crippen LogP contribution is 2.39. The molecule has 0 spiro atoms. The lowest BCUT2D eigenvalue weighted by molar-refractivity contribution is -0.140. The van der Waals surface area contributed by atoms with Crippen LogP contribution in [0.1, 0.15) is 30.6 Å². The van der Waals surface area contributed by atoms with Crippen molar-refractivity contribution in [1.82, 2.24) is 4.72 Å². The molecule has 1 aliphatic rings. The maximum Gasteiger partial charge on any atom is 0.322 e. The van der Waals surface area contributed by atoms with E-state index in [-0.39, 0.29) is 16.7 Å². The quantitative estimate of drug-likeness (QED) is 0.804. The van der Waals surface area contributed by atoms with Gasteiger partial charge in [-0.1, -0.05) is 32.4 Å². The molecule has 0 aliphatic carbocycles. The summed E-state index contributed by atoms with van der Waals surface area (Å²) < 4.78 is 28.1. The third-order valence-electron chi connectivity index (χ3n) is 4.93. The van der Waals surface area contributed by atoms with Gasteiger partial charge >= 0.3 is 5.97 Å². The van der Waals surface area contributed by atoms with Gasteiger partial charge in [0.15, 0.2) is 0 Å². The summed E-state index contributed by atoms with van der Waals surface area (Å²) in [6.45, 7) is 3.48. The molecule has 0 saturated heterocycles. The molecule has 138 valence electrons. The van der Waals surface area contributed by atoms with Gasteiger partial charge in [-0.15, -0.1) is 0 Å². The van der Waals surface area contributed by atoms with E-state index in [4.69, 9.17) is 0 Å². The Hall–Kier alpha value is -2.45. The molecule has 2 aromatic carbocycles. The fraction of sp³-hybridized carbons (Fsp3) is 0.333. The van der Waals surface area contributed by atoms with Crippen molar-refractivity contribution >= 4 is 38.4 Å². The lowest BCUT2D eigenvalue weighted by Crippen LogP contribution is -2.44. The number of carbonyl (C=O) groups excluding carboxylic acids is 1. The molecule has 0 radical (unpaired) electrons. The van der Waals surface area contributed by atoms with E-state index in [1.807, 2.05) is 0 Å². The Morgan fingerprint density at radius 3 is 2.58 bits per heavy atom. The molecular formula is C18H20N2O5S. The lowest BCUT2D eigenvalue weighted by atomic mass is 10.0. The molecule has 3 rings (SSSR count). The average molecular weight is 376 g/mol. The van der Waals surface area contributed by atoms with Crippen molar-refractivity contribution < 1.29 is 23.1 Å². The van der Waals surface area contributed by atoms with Crippen LogP contribution in [0.4, 0.5) is 5.69 Å². The number of benzene rings is 2. The van der Waals surface area contributed by atoms with E-state index in [0.717, 1.165) is 0 Å². The SMILES string of the molecule is CC[C@H](C)[C@H](NS(=O)(=O)c1ccc2c3c(cccc13)C(=O)N2C)C(=O)O. The molecule has 0 saturated carbocycles. The molecule has 7 nitrogen and oxygen atoms in total. The number of hydrogen-bond acceptors (Lipinski definition) is 4. The first-order valence-corrected chi connectivity index (χ1v) is 9.76. The van der Waals surface area contributed by atoms with Gasteiger partial charge in [0.1, 0.15) is 6.04 Å². The van der Waals surface area contributed by atoms with Crippen LogP contribution in [0.15, 0.2) is 35.2 Å². The Kier molecular flexibility index (Phi) is 4.49. The largest absolute Gasteiger partial charge is 0.480 e. The third kappa shape index (κ3) is 2.75. The van der Waals surface area contributed by atoms with Crippen molar-refractivity contribution in [3.05, 3.63) is 35.9 Å². The van der Waals surface area contributed by atoms with E-state index < -0.39 is 22.0 Å².